The minimum atomic E-state index is -3.45. The maximum Gasteiger partial charge on any atom is 0.308 e. The Morgan fingerprint density at radius 3 is 2.65 bits per heavy atom. The van der Waals surface area contributed by atoms with Gasteiger partial charge in [-0.25, -0.2) is 8.42 Å². The van der Waals surface area contributed by atoms with Gasteiger partial charge < -0.3 is 9.84 Å². The number of hydrogen-bond acceptors (Lipinski definition) is 4. The number of hydrogen-bond donors (Lipinski definition) is 1. The maximum atomic E-state index is 12.5. The molecule has 0 aromatic rings. The number of piperidine rings is 1. The number of carboxylic acid groups (broad SMARTS) is 1. The predicted molar refractivity (Wildman–Crippen MR) is 73.9 cm³/mol. The van der Waals surface area contributed by atoms with Crippen molar-refractivity contribution < 1.29 is 23.1 Å². The zero-order chi connectivity index (χ0) is 14.8. The summed E-state index contributed by atoms with van der Waals surface area (Å²) in [6.45, 7) is 2.73. The second kappa shape index (κ2) is 6.41. The lowest BCUT2D eigenvalue weighted by Gasteiger charge is -2.37. The summed E-state index contributed by atoms with van der Waals surface area (Å²) in [4.78, 5) is 11.2. The van der Waals surface area contributed by atoms with E-state index in [4.69, 9.17) is 9.84 Å². The minimum Gasteiger partial charge on any atom is -0.481 e. The summed E-state index contributed by atoms with van der Waals surface area (Å²) in [5.41, 5.74) is 0. The topological polar surface area (TPSA) is 83.9 Å². The van der Waals surface area contributed by atoms with E-state index in [1.807, 2.05) is 0 Å². The first-order chi connectivity index (χ1) is 9.42. The average Bonchev–Trinajstić information content (AvgIpc) is 2.39. The van der Waals surface area contributed by atoms with Crippen LogP contribution in [0, 0.1) is 5.92 Å². The van der Waals surface area contributed by atoms with Crippen molar-refractivity contribution in [1.82, 2.24) is 4.31 Å². The van der Waals surface area contributed by atoms with Crippen molar-refractivity contribution in [2.24, 2.45) is 5.92 Å². The van der Waals surface area contributed by atoms with E-state index in [9.17, 15) is 13.2 Å². The van der Waals surface area contributed by atoms with Gasteiger partial charge >= 0.3 is 5.97 Å². The van der Waals surface area contributed by atoms with E-state index in [2.05, 4.69) is 0 Å². The third kappa shape index (κ3) is 3.51. The Bertz CT molecular complexity index is 444. The number of carboxylic acids is 1. The molecule has 2 rings (SSSR count). The third-order valence-electron chi connectivity index (χ3n) is 4.28. The van der Waals surface area contributed by atoms with Crippen molar-refractivity contribution in [2.75, 3.05) is 18.9 Å². The molecule has 6 nitrogen and oxygen atoms in total. The van der Waals surface area contributed by atoms with Gasteiger partial charge in [0.2, 0.25) is 10.0 Å². The zero-order valence-corrected chi connectivity index (χ0v) is 12.6. The molecule has 0 spiro atoms. The molecule has 0 amide bonds. The van der Waals surface area contributed by atoms with Crippen LogP contribution in [0.4, 0.5) is 0 Å². The molecular formula is C13H23NO5S. The summed E-state index contributed by atoms with van der Waals surface area (Å²) >= 11 is 0. The van der Waals surface area contributed by atoms with E-state index >= 15 is 0 Å². The average molecular weight is 305 g/mol. The molecule has 3 atom stereocenters. The SMILES string of the molecule is C[C@@H]1[C@H](C(=O)O)CCCN1S(=O)(=O)CC1CCCCO1. The van der Waals surface area contributed by atoms with Crippen LogP contribution in [0.2, 0.25) is 0 Å². The van der Waals surface area contributed by atoms with Crippen LogP contribution >= 0.6 is 0 Å². The van der Waals surface area contributed by atoms with Gasteiger partial charge in [-0.05, 0) is 39.0 Å². The normalized spacial score (nSPS) is 33.0. The highest BCUT2D eigenvalue weighted by Crippen LogP contribution is 2.27. The van der Waals surface area contributed by atoms with Gasteiger partial charge in [-0.2, -0.15) is 4.31 Å². The largest absolute Gasteiger partial charge is 0.481 e. The Morgan fingerprint density at radius 1 is 1.30 bits per heavy atom. The zero-order valence-electron chi connectivity index (χ0n) is 11.8. The van der Waals surface area contributed by atoms with Crippen molar-refractivity contribution in [1.29, 1.82) is 0 Å². The highest BCUT2D eigenvalue weighted by molar-refractivity contribution is 7.89. The Labute approximate surface area is 120 Å². The van der Waals surface area contributed by atoms with Crippen molar-refractivity contribution in [3.63, 3.8) is 0 Å². The second-order valence-corrected chi connectivity index (χ2v) is 7.67. The fraction of sp³-hybridized carbons (Fsp3) is 0.923. The molecule has 0 radical (unpaired) electrons. The van der Waals surface area contributed by atoms with Crippen LogP contribution < -0.4 is 0 Å². The van der Waals surface area contributed by atoms with Crippen molar-refractivity contribution in [3.05, 3.63) is 0 Å². The van der Waals surface area contributed by atoms with Gasteiger partial charge in [0.25, 0.3) is 0 Å². The summed E-state index contributed by atoms with van der Waals surface area (Å²) < 4.78 is 31.8. The summed E-state index contributed by atoms with van der Waals surface area (Å²) in [6.07, 6.45) is 3.65. The first-order valence-corrected chi connectivity index (χ1v) is 8.86. The first-order valence-electron chi connectivity index (χ1n) is 7.26. The summed E-state index contributed by atoms with van der Waals surface area (Å²) in [5.74, 6) is -1.54. The lowest BCUT2D eigenvalue weighted by Crippen LogP contribution is -2.51. The Hall–Kier alpha value is -0.660. The standard InChI is InChI=1S/C13H23NO5S/c1-10-12(13(15)16)6-4-7-14(10)20(17,18)9-11-5-2-3-8-19-11/h10-12H,2-9H2,1H3,(H,15,16)/t10-,11?,12-/m1/s1. The monoisotopic (exact) mass is 305 g/mol. The molecular weight excluding hydrogens is 282 g/mol. The molecule has 0 aromatic heterocycles. The molecule has 20 heavy (non-hydrogen) atoms. The van der Waals surface area contributed by atoms with Crippen LogP contribution in [-0.2, 0) is 19.6 Å². The van der Waals surface area contributed by atoms with Crippen molar-refractivity contribution in [2.45, 2.75) is 51.2 Å². The molecule has 2 saturated heterocycles. The van der Waals surface area contributed by atoms with Crippen LogP contribution in [0.5, 0.6) is 0 Å². The lowest BCUT2D eigenvalue weighted by atomic mass is 9.92. The number of sulfonamides is 1. The smallest absolute Gasteiger partial charge is 0.308 e. The molecule has 2 aliphatic heterocycles. The lowest BCUT2D eigenvalue weighted by molar-refractivity contribution is -0.144. The molecule has 1 unspecified atom stereocenters. The Balaban J connectivity index is 2.05. The van der Waals surface area contributed by atoms with Crippen molar-refractivity contribution >= 4 is 16.0 Å². The number of nitrogens with zero attached hydrogens (tertiary/aromatic N) is 1. The predicted octanol–water partition coefficient (Wildman–Crippen LogP) is 1.07. The highest BCUT2D eigenvalue weighted by Gasteiger charge is 2.39. The summed E-state index contributed by atoms with van der Waals surface area (Å²) in [7, 11) is -3.45. The van der Waals surface area contributed by atoms with Crippen LogP contribution in [0.15, 0.2) is 0 Å². The molecule has 7 heteroatoms. The Morgan fingerprint density at radius 2 is 2.05 bits per heavy atom. The maximum absolute atomic E-state index is 12.5. The van der Waals surface area contributed by atoms with Gasteiger partial charge in [-0.15, -0.1) is 0 Å². The van der Waals surface area contributed by atoms with Crippen LogP contribution in [0.1, 0.15) is 39.0 Å². The highest BCUT2D eigenvalue weighted by atomic mass is 32.2. The summed E-state index contributed by atoms with van der Waals surface area (Å²) in [5, 5.41) is 9.17. The fourth-order valence-electron chi connectivity index (χ4n) is 3.10. The van der Waals surface area contributed by atoms with Gasteiger partial charge in [0, 0.05) is 19.2 Å². The van der Waals surface area contributed by atoms with Crippen LogP contribution in [0.25, 0.3) is 0 Å². The van der Waals surface area contributed by atoms with E-state index in [1.165, 1.54) is 4.31 Å². The molecule has 2 aliphatic rings. The molecule has 0 saturated carbocycles. The molecule has 0 aromatic carbocycles. The van der Waals surface area contributed by atoms with E-state index in [1.54, 1.807) is 6.92 Å². The van der Waals surface area contributed by atoms with Gasteiger partial charge in [0.1, 0.15) is 0 Å². The first kappa shape index (κ1) is 15.7. The van der Waals surface area contributed by atoms with E-state index in [0.717, 1.165) is 19.3 Å². The quantitative estimate of drug-likeness (QED) is 0.840. The van der Waals surface area contributed by atoms with Crippen LogP contribution in [0.3, 0.4) is 0 Å². The van der Waals surface area contributed by atoms with Gasteiger partial charge in [0.05, 0.1) is 17.8 Å². The Kier molecular flexibility index (Phi) is 5.04. The number of rotatable bonds is 4. The molecule has 0 bridgehead atoms. The summed E-state index contributed by atoms with van der Waals surface area (Å²) in [6, 6.07) is -0.477. The molecule has 116 valence electrons. The van der Waals surface area contributed by atoms with Gasteiger partial charge in [-0.1, -0.05) is 0 Å². The van der Waals surface area contributed by atoms with E-state index in [0.29, 0.717) is 26.0 Å². The molecule has 2 fully saturated rings. The number of aliphatic carboxylic acids is 1. The minimum absolute atomic E-state index is 0.0241. The fourth-order valence-corrected chi connectivity index (χ4v) is 5.09. The second-order valence-electron chi connectivity index (χ2n) is 5.71. The number of carbonyl (C=O) groups is 1. The van der Waals surface area contributed by atoms with Crippen LogP contribution in [-0.4, -0.2) is 54.8 Å². The van der Waals surface area contributed by atoms with Gasteiger partial charge in [-0.3, -0.25) is 4.79 Å². The number of ether oxygens (including phenoxy) is 1. The van der Waals surface area contributed by atoms with Gasteiger partial charge in [0.15, 0.2) is 0 Å². The molecule has 0 aliphatic carbocycles. The van der Waals surface area contributed by atoms with Crippen molar-refractivity contribution in [3.8, 4) is 0 Å². The van der Waals surface area contributed by atoms with E-state index in [-0.39, 0.29) is 11.9 Å². The van der Waals surface area contributed by atoms with E-state index < -0.39 is 28.0 Å². The molecule has 2 heterocycles. The molecule has 1 N–H and O–H groups in total. The third-order valence-corrected chi connectivity index (χ3v) is 6.30.